The molecule has 0 heterocycles. The van der Waals surface area contributed by atoms with Crippen LogP contribution in [0.5, 0.6) is 0 Å². The third-order valence-electron chi connectivity index (χ3n) is 2.63. The van der Waals surface area contributed by atoms with E-state index in [1.807, 2.05) is 0 Å². The Labute approximate surface area is 97.2 Å². The summed E-state index contributed by atoms with van der Waals surface area (Å²) in [6.07, 6.45) is 0.349. The van der Waals surface area contributed by atoms with Crippen LogP contribution in [0.1, 0.15) is 18.4 Å². The molecule has 0 unspecified atom stereocenters. The molecule has 0 saturated heterocycles. The van der Waals surface area contributed by atoms with E-state index in [9.17, 15) is 22.7 Å². The second kappa shape index (κ2) is 3.70. The summed E-state index contributed by atoms with van der Waals surface area (Å²) in [6.45, 7) is 0. The van der Waals surface area contributed by atoms with E-state index in [4.69, 9.17) is 0 Å². The lowest BCUT2D eigenvalue weighted by Gasteiger charge is -2.11. The summed E-state index contributed by atoms with van der Waals surface area (Å²) in [6, 6.07) is 0. The molecule has 0 bridgehead atoms. The number of aliphatic hydroxyl groups is 1. The van der Waals surface area contributed by atoms with Crippen LogP contribution in [-0.4, -0.2) is 10.7 Å². The second-order valence-electron chi connectivity index (χ2n) is 3.95. The molecule has 88 valence electrons. The Morgan fingerprint density at radius 2 is 1.44 bits per heavy atom. The fourth-order valence-corrected chi connectivity index (χ4v) is 1.80. The molecule has 1 nitrogen and oxygen atoms in total. The van der Waals surface area contributed by atoms with E-state index in [1.165, 1.54) is 0 Å². The highest BCUT2D eigenvalue weighted by atomic mass is 79.9. The first-order valence-corrected chi connectivity index (χ1v) is 5.38. The van der Waals surface area contributed by atoms with Gasteiger partial charge >= 0.3 is 0 Å². The molecule has 1 aliphatic rings. The molecule has 0 atom stereocenters. The van der Waals surface area contributed by atoms with Crippen molar-refractivity contribution in [2.24, 2.45) is 0 Å². The molecule has 0 radical (unpaired) electrons. The summed E-state index contributed by atoms with van der Waals surface area (Å²) in [5.74, 6) is -5.85. The van der Waals surface area contributed by atoms with Crippen LogP contribution in [0.2, 0.25) is 0 Å². The van der Waals surface area contributed by atoms with Gasteiger partial charge in [0.25, 0.3) is 0 Å². The predicted molar refractivity (Wildman–Crippen MR) is 51.9 cm³/mol. The Morgan fingerprint density at radius 3 is 1.81 bits per heavy atom. The van der Waals surface area contributed by atoms with E-state index >= 15 is 0 Å². The maximum Gasteiger partial charge on any atom is 0.176 e. The highest BCUT2D eigenvalue weighted by Gasteiger charge is 2.42. The Balaban J connectivity index is 2.51. The van der Waals surface area contributed by atoms with E-state index in [-0.39, 0.29) is 0 Å². The fourth-order valence-electron chi connectivity index (χ4n) is 1.46. The van der Waals surface area contributed by atoms with E-state index in [0.717, 1.165) is 0 Å². The third-order valence-corrected chi connectivity index (χ3v) is 3.33. The van der Waals surface area contributed by atoms with E-state index < -0.39 is 45.3 Å². The van der Waals surface area contributed by atoms with Crippen LogP contribution in [-0.2, 0) is 6.42 Å². The smallest absolute Gasteiger partial charge is 0.176 e. The third kappa shape index (κ3) is 1.84. The first-order valence-electron chi connectivity index (χ1n) is 4.58. The predicted octanol–water partition coefficient (Wildman–Crippen LogP) is 3.07. The van der Waals surface area contributed by atoms with Crippen molar-refractivity contribution in [3.63, 3.8) is 0 Å². The van der Waals surface area contributed by atoms with Gasteiger partial charge in [-0.05, 0) is 28.8 Å². The molecule has 0 spiro atoms. The zero-order valence-corrected chi connectivity index (χ0v) is 9.54. The van der Waals surface area contributed by atoms with E-state index in [1.54, 1.807) is 0 Å². The topological polar surface area (TPSA) is 20.2 Å². The quantitative estimate of drug-likeness (QED) is 0.505. The van der Waals surface area contributed by atoms with Crippen LogP contribution < -0.4 is 0 Å². The van der Waals surface area contributed by atoms with Gasteiger partial charge in [-0.3, -0.25) is 0 Å². The molecule has 16 heavy (non-hydrogen) atoms. The van der Waals surface area contributed by atoms with Crippen molar-refractivity contribution in [2.75, 3.05) is 0 Å². The van der Waals surface area contributed by atoms with Crippen LogP contribution in [0.3, 0.4) is 0 Å². The summed E-state index contributed by atoms with van der Waals surface area (Å²) in [5, 5.41) is 9.49. The van der Waals surface area contributed by atoms with Crippen molar-refractivity contribution in [3.8, 4) is 0 Å². The largest absolute Gasteiger partial charge is 0.390 e. The highest BCUT2D eigenvalue weighted by molar-refractivity contribution is 9.10. The average molecular weight is 299 g/mol. The SMILES string of the molecule is OC1(Cc2c(F)c(F)c(Br)c(F)c2F)CC1. The van der Waals surface area contributed by atoms with Gasteiger partial charge < -0.3 is 5.11 Å². The maximum absolute atomic E-state index is 13.3. The zero-order chi connectivity index (χ0) is 12.1. The molecule has 1 aliphatic carbocycles. The molecule has 0 aliphatic heterocycles. The molecule has 2 rings (SSSR count). The van der Waals surface area contributed by atoms with Gasteiger partial charge in [-0.1, -0.05) is 0 Å². The lowest BCUT2D eigenvalue weighted by atomic mass is 10.0. The van der Waals surface area contributed by atoms with Crippen LogP contribution in [0.15, 0.2) is 4.47 Å². The van der Waals surface area contributed by atoms with Gasteiger partial charge in [0.2, 0.25) is 0 Å². The summed E-state index contributed by atoms with van der Waals surface area (Å²) >= 11 is 2.42. The molecule has 0 aromatic heterocycles. The first-order chi connectivity index (χ1) is 7.36. The molecule has 6 heteroatoms. The molecule has 1 fully saturated rings. The number of hydrogen-bond acceptors (Lipinski definition) is 1. The minimum atomic E-state index is -1.47. The first kappa shape index (κ1) is 11.9. The maximum atomic E-state index is 13.3. The van der Waals surface area contributed by atoms with Crippen LogP contribution in [0, 0.1) is 23.3 Å². The number of benzene rings is 1. The van der Waals surface area contributed by atoms with E-state index in [2.05, 4.69) is 15.9 Å². The molecule has 0 amide bonds. The van der Waals surface area contributed by atoms with E-state index in [0.29, 0.717) is 12.8 Å². The number of rotatable bonds is 2. The fraction of sp³-hybridized carbons (Fsp3) is 0.400. The molecule has 1 aromatic rings. The van der Waals surface area contributed by atoms with Gasteiger partial charge in [0, 0.05) is 12.0 Å². The monoisotopic (exact) mass is 298 g/mol. The molecular weight excluding hydrogens is 292 g/mol. The Morgan fingerprint density at radius 1 is 1.00 bits per heavy atom. The van der Waals surface area contributed by atoms with Crippen LogP contribution in [0.25, 0.3) is 0 Å². The minimum absolute atomic E-state index is 0.380. The van der Waals surface area contributed by atoms with Gasteiger partial charge in [0.15, 0.2) is 23.3 Å². The average Bonchev–Trinajstić information content (AvgIpc) is 2.98. The zero-order valence-electron chi connectivity index (χ0n) is 7.96. The van der Waals surface area contributed by atoms with Gasteiger partial charge in [0.1, 0.15) is 0 Å². The molecule has 1 N–H and O–H groups in total. The normalized spacial score (nSPS) is 17.6. The van der Waals surface area contributed by atoms with Crippen molar-refractivity contribution < 1.29 is 22.7 Å². The standard InChI is InChI=1S/C10H7BrF4O/c11-5-8(14)6(12)4(7(13)9(5)15)3-10(16)1-2-10/h16H,1-3H2. The lowest BCUT2D eigenvalue weighted by Crippen LogP contribution is -2.16. The summed E-state index contributed by atoms with van der Waals surface area (Å²) < 4.78 is 52.0. The summed E-state index contributed by atoms with van der Waals surface area (Å²) in [4.78, 5) is 0. The van der Waals surface area contributed by atoms with Crippen molar-refractivity contribution in [3.05, 3.63) is 33.3 Å². The molecular formula is C10H7BrF4O. The van der Waals surface area contributed by atoms with Gasteiger partial charge in [-0.25, -0.2) is 17.6 Å². The lowest BCUT2D eigenvalue weighted by molar-refractivity contribution is 0.147. The highest BCUT2D eigenvalue weighted by Crippen LogP contribution is 2.40. The number of halogens is 5. The summed E-state index contributed by atoms with van der Waals surface area (Å²) in [7, 11) is 0. The van der Waals surface area contributed by atoms with Gasteiger partial charge in [-0.15, -0.1) is 0 Å². The van der Waals surface area contributed by atoms with Gasteiger partial charge in [-0.2, -0.15) is 0 Å². The van der Waals surface area contributed by atoms with Crippen LogP contribution in [0.4, 0.5) is 17.6 Å². The van der Waals surface area contributed by atoms with Crippen molar-refractivity contribution in [1.29, 1.82) is 0 Å². The summed E-state index contributed by atoms with van der Waals surface area (Å²) in [5.41, 5.74) is -1.95. The Hall–Kier alpha value is -0.620. The van der Waals surface area contributed by atoms with Crippen LogP contribution >= 0.6 is 15.9 Å². The molecule has 1 aromatic carbocycles. The Bertz CT molecular complexity index is 428. The van der Waals surface area contributed by atoms with Crippen molar-refractivity contribution in [2.45, 2.75) is 24.9 Å². The van der Waals surface area contributed by atoms with Gasteiger partial charge in [0.05, 0.1) is 10.1 Å². The molecule has 1 saturated carbocycles. The minimum Gasteiger partial charge on any atom is -0.390 e. The Kier molecular flexibility index (Phi) is 2.74. The second-order valence-corrected chi connectivity index (χ2v) is 4.74. The van der Waals surface area contributed by atoms with Crippen molar-refractivity contribution >= 4 is 15.9 Å². The van der Waals surface area contributed by atoms with Crippen molar-refractivity contribution in [1.82, 2.24) is 0 Å². The number of hydrogen-bond donors (Lipinski definition) is 1.